The molecule has 4 aromatic rings. The minimum Gasteiger partial charge on any atom is -0.491 e. The van der Waals surface area contributed by atoms with Crippen molar-refractivity contribution < 1.29 is 23.5 Å². The number of piperazine rings is 1. The molecule has 8 heteroatoms. The average molecular weight is 558 g/mol. The third-order valence-corrected chi connectivity index (χ3v) is 6.71. The van der Waals surface area contributed by atoms with Gasteiger partial charge in [0.05, 0.1) is 6.54 Å². The number of carbonyl (C=O) groups excluding carboxylic acids is 2. The van der Waals surface area contributed by atoms with Crippen LogP contribution in [0, 0.1) is 0 Å². The van der Waals surface area contributed by atoms with E-state index >= 15 is 0 Å². The maximum absolute atomic E-state index is 11.9. The van der Waals surface area contributed by atoms with Gasteiger partial charge in [-0.2, -0.15) is 0 Å². The molecule has 0 bridgehead atoms. The first-order valence-corrected chi connectivity index (χ1v) is 13.7. The summed E-state index contributed by atoms with van der Waals surface area (Å²) in [5.41, 5.74) is 2.85. The Bertz CT molecular complexity index is 1410. The summed E-state index contributed by atoms with van der Waals surface area (Å²) in [5.74, 6) is 0.986. The number of nitrogens with one attached hydrogen (secondary N) is 1. The molecule has 1 aliphatic rings. The van der Waals surface area contributed by atoms with Gasteiger partial charge in [-0.15, -0.1) is 0 Å². The van der Waals surface area contributed by atoms with Crippen LogP contribution in [0.4, 0.5) is 10.1 Å². The number of carbonyl (C=O) groups is 2. The Hall–Kier alpha value is -4.43. The van der Waals surface area contributed by atoms with Crippen molar-refractivity contribution in [2.45, 2.75) is 6.61 Å². The van der Waals surface area contributed by atoms with Crippen molar-refractivity contribution in [3.8, 4) is 11.5 Å². The van der Waals surface area contributed by atoms with Crippen LogP contribution in [0.3, 0.4) is 0 Å². The van der Waals surface area contributed by atoms with E-state index in [4.69, 9.17) is 9.47 Å². The minimum atomic E-state index is -0.582. The molecule has 0 aliphatic carbocycles. The molecule has 1 fully saturated rings. The van der Waals surface area contributed by atoms with Crippen LogP contribution in [0.15, 0.2) is 91.0 Å². The van der Waals surface area contributed by atoms with E-state index < -0.39 is 6.67 Å². The Balaban J connectivity index is 0.000000210. The van der Waals surface area contributed by atoms with Crippen molar-refractivity contribution in [1.82, 2.24) is 10.2 Å². The van der Waals surface area contributed by atoms with E-state index in [2.05, 4.69) is 88.9 Å². The maximum atomic E-state index is 11.9. The largest absolute Gasteiger partial charge is 0.491 e. The number of hydrogen-bond acceptors (Lipinski definition) is 6. The van der Waals surface area contributed by atoms with E-state index in [9.17, 15) is 14.0 Å². The molecule has 0 aromatic heterocycles. The Morgan fingerprint density at radius 3 is 2.34 bits per heavy atom. The van der Waals surface area contributed by atoms with Gasteiger partial charge in [0.15, 0.2) is 0 Å². The first kappa shape index (κ1) is 29.6. The highest BCUT2D eigenvalue weighted by Crippen LogP contribution is 2.22. The van der Waals surface area contributed by atoms with Crippen LogP contribution in [0.1, 0.15) is 15.9 Å². The number of fused-ring (bicyclic) bond motifs is 1. The molecule has 0 spiro atoms. The minimum absolute atomic E-state index is 0.0333. The average Bonchev–Trinajstić information content (AvgIpc) is 3.02. The monoisotopic (exact) mass is 557 g/mol. The summed E-state index contributed by atoms with van der Waals surface area (Å²) in [6, 6.07) is 29.8. The lowest BCUT2D eigenvalue weighted by molar-refractivity contribution is -0.107. The van der Waals surface area contributed by atoms with Crippen LogP contribution < -0.4 is 19.7 Å². The van der Waals surface area contributed by atoms with Gasteiger partial charge in [0.25, 0.3) is 5.91 Å². The lowest BCUT2D eigenvalue weighted by Gasteiger charge is -2.34. The summed E-state index contributed by atoms with van der Waals surface area (Å²) >= 11 is 0. The standard InChI is InChI=1S/C22H24N2O.C11H12FNO3/c1-23-12-14-24(15-13-23)21-8-10-22(11-9-21)25-17-18-6-7-19-4-2-3-5-20(19)16-18;12-4-7-16-10-3-1-2-9(8-10)11(15)13-5-6-14/h2-11,16H,12-15,17H2,1H3;1-3,6,8H,4-5,7H2,(H,13,15). The molecular formula is C33H36FN3O4. The quantitative estimate of drug-likeness (QED) is 0.273. The third-order valence-electron chi connectivity index (χ3n) is 6.71. The summed E-state index contributed by atoms with van der Waals surface area (Å²) in [4.78, 5) is 26.3. The van der Waals surface area contributed by atoms with E-state index in [0.29, 0.717) is 24.2 Å². The summed E-state index contributed by atoms with van der Waals surface area (Å²) < 4.78 is 22.9. The number of alkyl halides is 1. The smallest absolute Gasteiger partial charge is 0.251 e. The number of benzene rings is 4. The van der Waals surface area contributed by atoms with Gasteiger partial charge in [0, 0.05) is 37.4 Å². The Morgan fingerprint density at radius 1 is 0.854 bits per heavy atom. The summed E-state index contributed by atoms with van der Waals surface area (Å²) in [6.07, 6.45) is 0.599. The van der Waals surface area contributed by atoms with Gasteiger partial charge in [-0.3, -0.25) is 4.79 Å². The van der Waals surface area contributed by atoms with Crippen molar-refractivity contribution in [1.29, 1.82) is 0 Å². The number of likely N-dealkylation sites (N-methyl/N-ethyl adjacent to an activating group) is 1. The molecule has 0 saturated carbocycles. The SMILES string of the molecule is CN1CCN(c2ccc(OCc3ccc4ccccc4c3)cc2)CC1.O=CCNC(=O)c1cccc(OCCF)c1. The first-order chi connectivity index (χ1) is 20.1. The van der Waals surface area contributed by atoms with Gasteiger partial charge in [-0.05, 0) is 71.9 Å². The van der Waals surface area contributed by atoms with Crippen LogP contribution >= 0.6 is 0 Å². The van der Waals surface area contributed by atoms with Gasteiger partial charge >= 0.3 is 0 Å². The molecule has 4 aromatic carbocycles. The molecule has 0 unspecified atom stereocenters. The third kappa shape index (κ3) is 9.05. The van der Waals surface area contributed by atoms with Gasteiger partial charge in [-0.1, -0.05) is 42.5 Å². The molecule has 1 N–H and O–H groups in total. The number of halogens is 1. The van der Waals surface area contributed by atoms with Crippen molar-refractivity contribution >= 4 is 28.7 Å². The Kier molecular flexibility index (Phi) is 11.1. The zero-order valence-electron chi connectivity index (χ0n) is 23.3. The van der Waals surface area contributed by atoms with Crippen LogP contribution in [0.5, 0.6) is 11.5 Å². The van der Waals surface area contributed by atoms with Gasteiger partial charge in [0.1, 0.15) is 37.7 Å². The van der Waals surface area contributed by atoms with Crippen LogP contribution in [-0.2, 0) is 11.4 Å². The molecule has 41 heavy (non-hydrogen) atoms. The second-order valence-corrected chi connectivity index (χ2v) is 9.70. The van der Waals surface area contributed by atoms with Crippen molar-refractivity contribution in [2.75, 3.05) is 58.0 Å². The lowest BCUT2D eigenvalue weighted by atomic mass is 10.1. The predicted octanol–water partition coefficient (Wildman–Crippen LogP) is 5.13. The molecule has 0 radical (unpaired) electrons. The second kappa shape index (κ2) is 15.4. The molecule has 0 atom stereocenters. The molecule has 214 valence electrons. The Labute approximate surface area is 240 Å². The lowest BCUT2D eigenvalue weighted by Crippen LogP contribution is -2.44. The van der Waals surface area contributed by atoms with Gasteiger partial charge in [-0.25, -0.2) is 4.39 Å². The van der Waals surface area contributed by atoms with Gasteiger partial charge in [0.2, 0.25) is 0 Å². The van der Waals surface area contributed by atoms with E-state index in [1.165, 1.54) is 28.1 Å². The molecule has 7 nitrogen and oxygen atoms in total. The van der Waals surface area contributed by atoms with Crippen LogP contribution in [0.2, 0.25) is 0 Å². The topological polar surface area (TPSA) is 71.1 Å². The van der Waals surface area contributed by atoms with Gasteiger partial charge < -0.3 is 29.4 Å². The summed E-state index contributed by atoms with van der Waals surface area (Å²) in [6.45, 7) is 4.37. The van der Waals surface area contributed by atoms with Crippen molar-refractivity contribution in [3.05, 3.63) is 102 Å². The fraction of sp³-hybridized carbons (Fsp3) is 0.273. The number of anilines is 1. The number of nitrogens with zero attached hydrogens (tertiary/aromatic N) is 2. The number of ether oxygens (including phenoxy) is 2. The first-order valence-electron chi connectivity index (χ1n) is 13.7. The Morgan fingerprint density at radius 2 is 1.61 bits per heavy atom. The van der Waals surface area contributed by atoms with Crippen LogP contribution in [0.25, 0.3) is 10.8 Å². The summed E-state index contributed by atoms with van der Waals surface area (Å²) in [5, 5.41) is 4.92. The zero-order valence-corrected chi connectivity index (χ0v) is 23.3. The van der Waals surface area contributed by atoms with E-state index in [0.717, 1.165) is 31.9 Å². The fourth-order valence-electron chi connectivity index (χ4n) is 4.43. The molecular weight excluding hydrogens is 521 g/mol. The fourth-order valence-corrected chi connectivity index (χ4v) is 4.43. The zero-order chi connectivity index (χ0) is 28.9. The second-order valence-electron chi connectivity index (χ2n) is 9.70. The number of amides is 1. The highest BCUT2D eigenvalue weighted by Gasteiger charge is 2.14. The van der Waals surface area contributed by atoms with E-state index in [-0.39, 0.29) is 19.1 Å². The number of rotatable bonds is 10. The van der Waals surface area contributed by atoms with E-state index in [1.807, 2.05) is 0 Å². The predicted molar refractivity (Wildman–Crippen MR) is 161 cm³/mol. The molecule has 1 aliphatic heterocycles. The molecule has 1 heterocycles. The number of aldehydes is 1. The highest BCUT2D eigenvalue weighted by molar-refractivity contribution is 5.95. The van der Waals surface area contributed by atoms with Crippen LogP contribution in [-0.4, -0.2) is 70.1 Å². The number of hydrogen-bond donors (Lipinski definition) is 1. The van der Waals surface area contributed by atoms with Crippen molar-refractivity contribution in [3.63, 3.8) is 0 Å². The highest BCUT2D eigenvalue weighted by atomic mass is 19.1. The molecule has 5 rings (SSSR count). The molecule has 1 amide bonds. The van der Waals surface area contributed by atoms with E-state index in [1.54, 1.807) is 18.2 Å². The normalized spacial score (nSPS) is 13.2. The van der Waals surface area contributed by atoms with Crippen molar-refractivity contribution in [2.24, 2.45) is 0 Å². The maximum Gasteiger partial charge on any atom is 0.251 e. The summed E-state index contributed by atoms with van der Waals surface area (Å²) in [7, 11) is 2.18. The molecule has 1 saturated heterocycles.